The SMILES string of the molecule is CCC1(NS(=O)(=O)Cl)CCC1. The van der Waals surface area contributed by atoms with Crippen molar-refractivity contribution in [2.75, 3.05) is 0 Å². The summed E-state index contributed by atoms with van der Waals surface area (Å²) in [4.78, 5) is 0. The van der Waals surface area contributed by atoms with Crippen molar-refractivity contribution in [3.63, 3.8) is 0 Å². The van der Waals surface area contributed by atoms with Crippen molar-refractivity contribution in [3.05, 3.63) is 0 Å². The van der Waals surface area contributed by atoms with Crippen molar-refractivity contribution in [1.82, 2.24) is 4.72 Å². The quantitative estimate of drug-likeness (QED) is 0.696. The Hall–Kier alpha value is 0.200. The summed E-state index contributed by atoms with van der Waals surface area (Å²) < 4.78 is 23.8. The molecule has 0 amide bonds. The predicted molar refractivity (Wildman–Crippen MR) is 44.8 cm³/mol. The van der Waals surface area contributed by atoms with Crippen LogP contribution in [0.4, 0.5) is 0 Å². The van der Waals surface area contributed by atoms with Gasteiger partial charge in [0.15, 0.2) is 0 Å². The fraction of sp³-hybridized carbons (Fsp3) is 1.00. The molecule has 0 saturated heterocycles. The highest BCUT2D eigenvalue weighted by Crippen LogP contribution is 2.35. The molecule has 1 saturated carbocycles. The number of rotatable bonds is 3. The molecule has 1 aliphatic carbocycles. The molecule has 0 spiro atoms. The maximum Gasteiger partial charge on any atom is 0.297 e. The van der Waals surface area contributed by atoms with Crippen molar-refractivity contribution < 1.29 is 8.42 Å². The molecule has 0 aliphatic heterocycles. The molecule has 0 aromatic rings. The molecule has 3 nitrogen and oxygen atoms in total. The molecule has 1 N–H and O–H groups in total. The Morgan fingerprint density at radius 3 is 2.18 bits per heavy atom. The lowest BCUT2D eigenvalue weighted by molar-refractivity contribution is 0.215. The average molecular weight is 198 g/mol. The molecule has 1 rings (SSSR count). The molecule has 0 aromatic heterocycles. The van der Waals surface area contributed by atoms with Crippen molar-refractivity contribution in [2.24, 2.45) is 0 Å². The van der Waals surface area contributed by atoms with Crippen LogP contribution in [0.25, 0.3) is 0 Å². The molecular formula is C6H12ClNO2S. The first kappa shape index (κ1) is 9.29. The Kier molecular flexibility index (Phi) is 2.46. The second kappa shape index (κ2) is 2.92. The Bertz CT molecular complexity index is 227. The van der Waals surface area contributed by atoms with Gasteiger partial charge in [0, 0.05) is 16.2 Å². The van der Waals surface area contributed by atoms with Gasteiger partial charge in [0.2, 0.25) is 0 Å². The van der Waals surface area contributed by atoms with E-state index in [1.807, 2.05) is 6.92 Å². The monoisotopic (exact) mass is 197 g/mol. The third-order valence-electron chi connectivity index (χ3n) is 2.33. The van der Waals surface area contributed by atoms with Gasteiger partial charge in [-0.3, -0.25) is 0 Å². The molecule has 66 valence electrons. The standard InChI is InChI=1S/C6H12ClNO2S/c1-2-6(4-3-5-6)8-11(7,9)10/h8H,2-5H2,1H3. The maximum absolute atomic E-state index is 10.7. The highest BCUT2D eigenvalue weighted by molar-refractivity contribution is 8.12. The summed E-state index contributed by atoms with van der Waals surface area (Å²) in [5, 5.41) is 0. The smallest absolute Gasteiger partial charge is 0.196 e. The lowest BCUT2D eigenvalue weighted by Gasteiger charge is -2.40. The molecule has 0 aromatic carbocycles. The molecule has 1 fully saturated rings. The van der Waals surface area contributed by atoms with E-state index >= 15 is 0 Å². The molecule has 0 bridgehead atoms. The van der Waals surface area contributed by atoms with Crippen LogP contribution in [0.3, 0.4) is 0 Å². The molecule has 1 aliphatic rings. The third-order valence-corrected chi connectivity index (χ3v) is 3.23. The zero-order valence-electron chi connectivity index (χ0n) is 6.43. The van der Waals surface area contributed by atoms with E-state index in [0.29, 0.717) is 0 Å². The minimum absolute atomic E-state index is 0.222. The van der Waals surface area contributed by atoms with Crippen LogP contribution in [0.1, 0.15) is 32.6 Å². The van der Waals surface area contributed by atoms with Gasteiger partial charge in [0.05, 0.1) is 0 Å². The molecule has 0 atom stereocenters. The van der Waals surface area contributed by atoms with Crippen molar-refractivity contribution in [2.45, 2.75) is 38.1 Å². The number of hydrogen-bond acceptors (Lipinski definition) is 2. The summed E-state index contributed by atoms with van der Waals surface area (Å²) in [6.45, 7) is 1.97. The minimum Gasteiger partial charge on any atom is -0.196 e. The average Bonchev–Trinajstić information content (AvgIpc) is 1.77. The molecule has 11 heavy (non-hydrogen) atoms. The van der Waals surface area contributed by atoms with E-state index in [0.717, 1.165) is 25.7 Å². The van der Waals surface area contributed by atoms with E-state index in [2.05, 4.69) is 4.72 Å². The van der Waals surface area contributed by atoms with Crippen molar-refractivity contribution in [1.29, 1.82) is 0 Å². The van der Waals surface area contributed by atoms with E-state index in [1.165, 1.54) is 0 Å². The van der Waals surface area contributed by atoms with Crippen LogP contribution < -0.4 is 4.72 Å². The van der Waals surface area contributed by atoms with Gasteiger partial charge in [-0.2, -0.15) is 13.1 Å². The van der Waals surface area contributed by atoms with Gasteiger partial charge in [0.1, 0.15) is 0 Å². The number of halogens is 1. The van der Waals surface area contributed by atoms with Gasteiger partial charge in [0.25, 0.3) is 9.24 Å². The third kappa shape index (κ3) is 2.32. The van der Waals surface area contributed by atoms with Gasteiger partial charge in [-0.05, 0) is 25.7 Å². The second-order valence-corrected chi connectivity index (χ2v) is 5.33. The first-order valence-electron chi connectivity index (χ1n) is 3.71. The van der Waals surface area contributed by atoms with Gasteiger partial charge >= 0.3 is 0 Å². The predicted octanol–water partition coefficient (Wildman–Crippen LogP) is 1.39. The molecule has 0 unspecified atom stereocenters. The van der Waals surface area contributed by atoms with E-state index < -0.39 is 9.24 Å². The molecule has 5 heteroatoms. The van der Waals surface area contributed by atoms with Crippen molar-refractivity contribution >= 4 is 19.9 Å². The van der Waals surface area contributed by atoms with E-state index in [9.17, 15) is 8.42 Å². The van der Waals surface area contributed by atoms with E-state index in [4.69, 9.17) is 10.7 Å². The van der Waals surface area contributed by atoms with Crippen LogP contribution in [0.5, 0.6) is 0 Å². The van der Waals surface area contributed by atoms with Gasteiger partial charge < -0.3 is 0 Å². The first-order chi connectivity index (χ1) is 4.97. The summed E-state index contributed by atoms with van der Waals surface area (Å²) in [6, 6.07) is 0. The van der Waals surface area contributed by atoms with Crippen molar-refractivity contribution in [3.8, 4) is 0 Å². The maximum atomic E-state index is 10.7. The largest absolute Gasteiger partial charge is 0.297 e. The van der Waals surface area contributed by atoms with Crippen LogP contribution in [0.2, 0.25) is 0 Å². The second-order valence-electron chi connectivity index (χ2n) is 3.03. The number of nitrogens with one attached hydrogen (secondary N) is 1. The van der Waals surface area contributed by atoms with Crippen LogP contribution in [0.15, 0.2) is 0 Å². The highest BCUT2D eigenvalue weighted by Gasteiger charge is 2.37. The Balaban J connectivity index is 2.59. The Morgan fingerprint density at radius 2 is 2.09 bits per heavy atom. The topological polar surface area (TPSA) is 46.2 Å². The lowest BCUT2D eigenvalue weighted by atomic mass is 9.76. The zero-order valence-corrected chi connectivity index (χ0v) is 8.00. The fourth-order valence-electron chi connectivity index (χ4n) is 1.39. The van der Waals surface area contributed by atoms with Crippen LogP contribution in [-0.4, -0.2) is 14.0 Å². The fourth-order valence-corrected chi connectivity index (χ4v) is 2.75. The Morgan fingerprint density at radius 1 is 1.55 bits per heavy atom. The van der Waals surface area contributed by atoms with Crippen LogP contribution in [0, 0.1) is 0 Å². The van der Waals surface area contributed by atoms with E-state index in [-0.39, 0.29) is 5.54 Å². The molecular weight excluding hydrogens is 186 g/mol. The van der Waals surface area contributed by atoms with Gasteiger partial charge in [-0.1, -0.05) is 6.92 Å². The van der Waals surface area contributed by atoms with Gasteiger partial charge in [-0.25, -0.2) is 0 Å². The Labute approximate surface area is 71.7 Å². The molecule has 0 radical (unpaired) electrons. The highest BCUT2D eigenvalue weighted by atomic mass is 35.7. The summed E-state index contributed by atoms with van der Waals surface area (Å²) in [5.41, 5.74) is -0.222. The van der Waals surface area contributed by atoms with Crippen LogP contribution >= 0.6 is 10.7 Å². The molecule has 0 heterocycles. The van der Waals surface area contributed by atoms with Gasteiger partial charge in [-0.15, -0.1) is 0 Å². The zero-order chi connectivity index (χ0) is 8.54. The van der Waals surface area contributed by atoms with E-state index in [1.54, 1.807) is 0 Å². The summed E-state index contributed by atoms with van der Waals surface area (Å²) in [6.07, 6.45) is 3.73. The lowest BCUT2D eigenvalue weighted by Crippen LogP contribution is -2.51. The first-order valence-corrected chi connectivity index (χ1v) is 6.02. The summed E-state index contributed by atoms with van der Waals surface area (Å²) >= 11 is 0. The minimum atomic E-state index is -3.53. The summed E-state index contributed by atoms with van der Waals surface area (Å²) in [5.74, 6) is 0. The normalized spacial score (nSPS) is 22.7. The number of hydrogen-bond donors (Lipinski definition) is 1. The summed E-state index contributed by atoms with van der Waals surface area (Å²) in [7, 11) is 1.54. The van der Waals surface area contributed by atoms with Crippen LogP contribution in [-0.2, 0) is 9.24 Å².